The molecule has 0 atom stereocenters. The molecule has 0 spiro atoms. The number of hydrogen-bond donors (Lipinski definition) is 0. The van der Waals surface area contributed by atoms with Crippen LogP contribution in [-0.4, -0.2) is 9.97 Å². The number of nitrogens with zero attached hydrogens (tertiary/aromatic N) is 2. The molecule has 0 amide bonds. The molecule has 5 heteroatoms. The summed E-state index contributed by atoms with van der Waals surface area (Å²) in [6, 6.07) is 32.2. The lowest BCUT2D eigenvalue weighted by Gasteiger charge is -2.08. The van der Waals surface area contributed by atoms with Gasteiger partial charge in [0.05, 0.1) is 5.69 Å². The molecule has 0 saturated carbocycles. The normalized spacial score (nSPS) is 11.8. The second kappa shape index (κ2) is 7.35. The smallest absolute Gasteiger partial charge is 0.217 e. The minimum absolute atomic E-state index is 0.280. The zero-order chi connectivity index (χ0) is 21.9. The van der Waals surface area contributed by atoms with Crippen LogP contribution in [0.5, 0.6) is 0 Å². The summed E-state index contributed by atoms with van der Waals surface area (Å²) in [6.07, 6.45) is 0. The highest BCUT2D eigenvalue weighted by molar-refractivity contribution is 7.26. The second-order valence-corrected chi connectivity index (χ2v) is 10.4. The van der Waals surface area contributed by atoms with E-state index in [0.29, 0.717) is 0 Å². The second-order valence-electron chi connectivity index (χ2n) is 7.97. The first-order valence-corrected chi connectivity index (χ1v) is 12.6. The quantitative estimate of drug-likeness (QED) is 0.231. The molecule has 3 aromatic heterocycles. The summed E-state index contributed by atoms with van der Waals surface area (Å²) in [4.78, 5) is 10.1. The molecule has 0 saturated heterocycles. The Morgan fingerprint density at radius 1 is 0.545 bits per heavy atom. The molecule has 156 valence electrons. The third-order valence-corrected chi connectivity index (χ3v) is 8.45. The predicted octanol–water partition coefficient (Wildman–Crippen LogP) is 9.20. The first-order chi connectivity index (χ1) is 16.3. The molecule has 7 rings (SSSR count). The van der Waals surface area contributed by atoms with Crippen molar-refractivity contribution in [1.29, 1.82) is 0 Å². The lowest BCUT2D eigenvalue weighted by atomic mass is 9.97. The third-order valence-electron chi connectivity index (χ3n) is 6.08. The van der Waals surface area contributed by atoms with Crippen molar-refractivity contribution in [2.24, 2.45) is 0 Å². The van der Waals surface area contributed by atoms with E-state index in [1.165, 1.54) is 41.4 Å². The zero-order valence-electron chi connectivity index (χ0n) is 17.2. The molecular formula is C28H15ClN2S2. The van der Waals surface area contributed by atoms with E-state index in [9.17, 15) is 0 Å². The fourth-order valence-corrected chi connectivity index (χ4v) is 7.06. The van der Waals surface area contributed by atoms with Crippen LogP contribution in [0.1, 0.15) is 0 Å². The summed E-state index contributed by atoms with van der Waals surface area (Å²) in [6.45, 7) is 0. The molecule has 0 bridgehead atoms. The maximum atomic E-state index is 6.32. The molecule has 33 heavy (non-hydrogen) atoms. The summed E-state index contributed by atoms with van der Waals surface area (Å²) >= 11 is 9.82. The monoisotopic (exact) mass is 478 g/mol. The van der Waals surface area contributed by atoms with E-state index >= 15 is 0 Å². The van der Waals surface area contributed by atoms with Crippen LogP contribution in [-0.2, 0) is 0 Å². The Morgan fingerprint density at radius 2 is 1.18 bits per heavy atom. The van der Waals surface area contributed by atoms with Crippen molar-refractivity contribution in [2.75, 3.05) is 0 Å². The van der Waals surface area contributed by atoms with Crippen molar-refractivity contribution >= 4 is 74.7 Å². The SMILES string of the molecule is Clc1nc(-c2ccc(-c3cccc4sc5ccccc5c34)cc2)c2c(n1)sc1ccccc12. The van der Waals surface area contributed by atoms with Gasteiger partial charge in [0.15, 0.2) is 0 Å². The summed E-state index contributed by atoms with van der Waals surface area (Å²) in [5.74, 6) is 0. The van der Waals surface area contributed by atoms with Gasteiger partial charge in [0.25, 0.3) is 0 Å². The molecule has 0 aliphatic heterocycles. The van der Waals surface area contributed by atoms with E-state index in [2.05, 4.69) is 101 Å². The average Bonchev–Trinajstić information content (AvgIpc) is 3.41. The predicted molar refractivity (Wildman–Crippen MR) is 144 cm³/mol. The minimum atomic E-state index is 0.280. The van der Waals surface area contributed by atoms with Crippen molar-refractivity contribution in [3.05, 3.63) is 96.3 Å². The van der Waals surface area contributed by atoms with Crippen molar-refractivity contribution in [2.45, 2.75) is 0 Å². The number of rotatable bonds is 2. The van der Waals surface area contributed by atoms with Crippen LogP contribution in [0.15, 0.2) is 91.0 Å². The van der Waals surface area contributed by atoms with E-state index in [-0.39, 0.29) is 5.28 Å². The Kier molecular flexibility index (Phi) is 4.28. The molecule has 0 aliphatic carbocycles. The third kappa shape index (κ3) is 2.99. The Labute approximate surface area is 202 Å². The molecule has 0 N–H and O–H groups in total. The Hall–Kier alpha value is -3.31. The molecule has 7 aromatic rings. The molecular weight excluding hydrogens is 464 g/mol. The van der Waals surface area contributed by atoms with Crippen LogP contribution in [0.25, 0.3) is 62.9 Å². The van der Waals surface area contributed by atoms with Gasteiger partial charge >= 0.3 is 0 Å². The van der Waals surface area contributed by atoms with Gasteiger partial charge in [-0.1, -0.05) is 72.8 Å². The number of fused-ring (bicyclic) bond motifs is 6. The lowest BCUT2D eigenvalue weighted by Crippen LogP contribution is -1.89. The average molecular weight is 479 g/mol. The van der Waals surface area contributed by atoms with Crippen LogP contribution >= 0.6 is 34.3 Å². The number of aromatic nitrogens is 2. The number of hydrogen-bond acceptors (Lipinski definition) is 4. The maximum absolute atomic E-state index is 6.32. The highest BCUT2D eigenvalue weighted by Crippen LogP contribution is 2.41. The molecule has 3 heterocycles. The fourth-order valence-electron chi connectivity index (χ4n) is 4.63. The van der Waals surface area contributed by atoms with E-state index in [1.54, 1.807) is 11.3 Å². The van der Waals surface area contributed by atoms with Gasteiger partial charge < -0.3 is 0 Å². The Morgan fingerprint density at radius 3 is 1.97 bits per heavy atom. The van der Waals surface area contributed by atoms with Crippen LogP contribution in [0.3, 0.4) is 0 Å². The molecule has 4 aromatic carbocycles. The summed E-state index contributed by atoms with van der Waals surface area (Å²) in [5.41, 5.74) is 4.37. The first-order valence-electron chi connectivity index (χ1n) is 10.6. The van der Waals surface area contributed by atoms with Crippen molar-refractivity contribution in [3.8, 4) is 22.4 Å². The highest BCUT2D eigenvalue weighted by Gasteiger charge is 2.16. The van der Waals surface area contributed by atoms with E-state index < -0.39 is 0 Å². The van der Waals surface area contributed by atoms with Crippen molar-refractivity contribution < 1.29 is 0 Å². The maximum Gasteiger partial charge on any atom is 0.224 e. The fraction of sp³-hybridized carbons (Fsp3) is 0. The van der Waals surface area contributed by atoms with E-state index in [4.69, 9.17) is 11.6 Å². The highest BCUT2D eigenvalue weighted by atomic mass is 35.5. The van der Waals surface area contributed by atoms with Crippen molar-refractivity contribution in [1.82, 2.24) is 9.97 Å². The summed E-state index contributed by atoms with van der Waals surface area (Å²) in [7, 11) is 0. The van der Waals surface area contributed by atoms with Gasteiger partial charge in [-0.05, 0) is 40.9 Å². The molecule has 0 fully saturated rings. The van der Waals surface area contributed by atoms with E-state index in [0.717, 1.165) is 21.5 Å². The van der Waals surface area contributed by atoms with Gasteiger partial charge in [-0.3, -0.25) is 0 Å². The Bertz CT molecular complexity index is 1830. The molecule has 0 unspecified atom stereocenters. The van der Waals surface area contributed by atoms with Gasteiger partial charge in [0, 0.05) is 41.2 Å². The number of benzene rings is 4. The van der Waals surface area contributed by atoms with Gasteiger partial charge in [-0.2, -0.15) is 0 Å². The number of halogens is 1. The summed E-state index contributed by atoms with van der Waals surface area (Å²) < 4.78 is 3.82. The topological polar surface area (TPSA) is 25.8 Å². The lowest BCUT2D eigenvalue weighted by molar-refractivity contribution is 1.24. The summed E-state index contributed by atoms with van der Waals surface area (Å²) in [5, 5.41) is 5.15. The van der Waals surface area contributed by atoms with Crippen LogP contribution in [0, 0.1) is 0 Å². The zero-order valence-corrected chi connectivity index (χ0v) is 19.6. The molecule has 0 aliphatic rings. The minimum Gasteiger partial charge on any atom is -0.217 e. The molecule has 2 nitrogen and oxygen atoms in total. The van der Waals surface area contributed by atoms with Crippen LogP contribution in [0.4, 0.5) is 0 Å². The van der Waals surface area contributed by atoms with Crippen LogP contribution in [0.2, 0.25) is 5.28 Å². The van der Waals surface area contributed by atoms with Gasteiger partial charge in [0.2, 0.25) is 5.28 Å². The standard InChI is InChI=1S/C28H15ClN2S2/c29-28-30-26(25-20-7-2-4-10-22(20)33-27(25)31-28)17-14-12-16(13-15-17)18-8-5-11-23-24(18)19-6-1-3-9-21(19)32-23/h1-15H. The van der Waals surface area contributed by atoms with Gasteiger partial charge in [0.1, 0.15) is 4.83 Å². The largest absolute Gasteiger partial charge is 0.224 e. The Balaban J connectivity index is 1.42. The molecule has 0 radical (unpaired) electrons. The number of thiophene rings is 2. The van der Waals surface area contributed by atoms with Crippen molar-refractivity contribution in [3.63, 3.8) is 0 Å². The van der Waals surface area contributed by atoms with Gasteiger partial charge in [-0.15, -0.1) is 22.7 Å². The first kappa shape index (κ1) is 19.2. The van der Waals surface area contributed by atoms with E-state index in [1.807, 2.05) is 11.3 Å². The van der Waals surface area contributed by atoms with Crippen LogP contribution < -0.4 is 0 Å². The van der Waals surface area contributed by atoms with Gasteiger partial charge in [-0.25, -0.2) is 9.97 Å².